The number of hydrogen-bond donors (Lipinski definition) is 2. The van der Waals surface area contributed by atoms with Gasteiger partial charge in [-0.2, -0.15) is 0 Å². The van der Waals surface area contributed by atoms with Gasteiger partial charge in [0.1, 0.15) is 0 Å². The molecule has 0 aliphatic heterocycles. The molecule has 0 radical (unpaired) electrons. The van der Waals surface area contributed by atoms with E-state index in [1.54, 1.807) is 0 Å². The van der Waals surface area contributed by atoms with Crippen molar-refractivity contribution in [2.75, 3.05) is 6.61 Å². The molecule has 19 heavy (non-hydrogen) atoms. The minimum atomic E-state index is 0.130. The van der Waals surface area contributed by atoms with Crippen LogP contribution in [0.4, 0.5) is 0 Å². The maximum absolute atomic E-state index is 9.04. The molecule has 2 aromatic rings. The van der Waals surface area contributed by atoms with Gasteiger partial charge in [-0.1, -0.05) is 30.3 Å². The van der Waals surface area contributed by atoms with Gasteiger partial charge in [0, 0.05) is 25.0 Å². The molecule has 1 aromatic carbocycles. The van der Waals surface area contributed by atoms with Crippen LogP contribution in [0.3, 0.4) is 0 Å². The molecule has 0 saturated carbocycles. The summed E-state index contributed by atoms with van der Waals surface area (Å²) in [6.07, 6.45) is 4.36. The first-order chi connectivity index (χ1) is 9.31. The summed E-state index contributed by atoms with van der Waals surface area (Å²) in [5.74, 6) is 0. The van der Waals surface area contributed by atoms with Gasteiger partial charge in [-0.25, -0.2) is 0 Å². The number of hydrogen-bond acceptors (Lipinski definition) is 3. The van der Waals surface area contributed by atoms with E-state index in [0.717, 1.165) is 6.42 Å². The fourth-order valence-electron chi connectivity index (χ4n) is 2.15. The van der Waals surface area contributed by atoms with Crippen LogP contribution >= 0.6 is 0 Å². The van der Waals surface area contributed by atoms with E-state index in [1.165, 1.54) is 11.1 Å². The van der Waals surface area contributed by atoms with Crippen LogP contribution in [0, 0.1) is 0 Å². The van der Waals surface area contributed by atoms with Crippen molar-refractivity contribution in [2.24, 2.45) is 0 Å². The molecular weight excluding hydrogens is 236 g/mol. The Hall–Kier alpha value is -1.71. The molecule has 2 atom stereocenters. The molecule has 0 aliphatic rings. The van der Waals surface area contributed by atoms with Crippen LogP contribution in [0.5, 0.6) is 0 Å². The smallest absolute Gasteiger partial charge is 0.0579 e. The molecule has 0 spiro atoms. The molecule has 0 fully saturated rings. The SMILES string of the molecule is CC(CCO)NC(c1ccccc1)c1ccncc1. The Balaban J connectivity index is 2.24. The third kappa shape index (κ3) is 3.88. The van der Waals surface area contributed by atoms with E-state index in [1.807, 2.05) is 42.7 Å². The zero-order valence-electron chi connectivity index (χ0n) is 11.2. The topological polar surface area (TPSA) is 45.1 Å². The standard InChI is InChI=1S/C16H20N2O/c1-13(9-12-19)18-16(14-5-3-2-4-6-14)15-7-10-17-11-8-15/h2-8,10-11,13,16,18-19H,9,12H2,1H3. The summed E-state index contributed by atoms with van der Waals surface area (Å²) in [4.78, 5) is 4.07. The van der Waals surface area contributed by atoms with Gasteiger partial charge in [0.25, 0.3) is 0 Å². The van der Waals surface area contributed by atoms with Crippen molar-refractivity contribution >= 4 is 0 Å². The second kappa shape index (κ2) is 7.02. The maximum atomic E-state index is 9.04. The largest absolute Gasteiger partial charge is 0.396 e. The molecule has 0 amide bonds. The minimum absolute atomic E-state index is 0.130. The molecule has 2 unspecified atom stereocenters. The van der Waals surface area contributed by atoms with Gasteiger partial charge in [0.05, 0.1) is 6.04 Å². The summed E-state index contributed by atoms with van der Waals surface area (Å²) in [6, 6.07) is 14.8. The van der Waals surface area contributed by atoms with Crippen molar-refractivity contribution < 1.29 is 5.11 Å². The predicted molar refractivity (Wildman–Crippen MR) is 76.8 cm³/mol. The van der Waals surface area contributed by atoms with Gasteiger partial charge in [-0.15, -0.1) is 0 Å². The Kier molecular flexibility index (Phi) is 5.07. The zero-order chi connectivity index (χ0) is 13.5. The third-order valence-electron chi connectivity index (χ3n) is 3.19. The van der Waals surface area contributed by atoms with Gasteiger partial charge < -0.3 is 10.4 Å². The monoisotopic (exact) mass is 256 g/mol. The van der Waals surface area contributed by atoms with Crippen molar-refractivity contribution in [1.82, 2.24) is 10.3 Å². The number of nitrogens with zero attached hydrogens (tertiary/aromatic N) is 1. The van der Waals surface area contributed by atoms with Crippen molar-refractivity contribution in [3.8, 4) is 0 Å². The van der Waals surface area contributed by atoms with Gasteiger partial charge in [0.2, 0.25) is 0 Å². The van der Waals surface area contributed by atoms with Crippen LogP contribution in [0.25, 0.3) is 0 Å². The summed E-state index contributed by atoms with van der Waals surface area (Å²) < 4.78 is 0. The molecule has 1 heterocycles. The van der Waals surface area contributed by atoms with Crippen molar-refractivity contribution in [3.05, 3.63) is 66.0 Å². The van der Waals surface area contributed by atoms with Crippen LogP contribution in [0.2, 0.25) is 0 Å². The lowest BCUT2D eigenvalue weighted by Gasteiger charge is -2.24. The highest BCUT2D eigenvalue weighted by atomic mass is 16.3. The van der Waals surface area contributed by atoms with Crippen molar-refractivity contribution in [1.29, 1.82) is 0 Å². The number of aliphatic hydroxyl groups excluding tert-OH is 1. The highest BCUT2D eigenvalue weighted by Crippen LogP contribution is 2.22. The maximum Gasteiger partial charge on any atom is 0.0579 e. The molecule has 3 heteroatoms. The van der Waals surface area contributed by atoms with Crippen LogP contribution in [-0.4, -0.2) is 22.7 Å². The van der Waals surface area contributed by atoms with Gasteiger partial charge >= 0.3 is 0 Å². The first-order valence-electron chi connectivity index (χ1n) is 6.63. The first-order valence-corrected chi connectivity index (χ1v) is 6.63. The lowest BCUT2D eigenvalue weighted by atomic mass is 9.98. The average molecular weight is 256 g/mol. The summed E-state index contributed by atoms with van der Waals surface area (Å²) in [5.41, 5.74) is 2.41. The molecule has 2 rings (SSSR count). The second-order valence-electron chi connectivity index (χ2n) is 4.70. The van der Waals surface area contributed by atoms with E-state index in [-0.39, 0.29) is 18.7 Å². The van der Waals surface area contributed by atoms with E-state index in [9.17, 15) is 0 Å². The van der Waals surface area contributed by atoms with Gasteiger partial charge in [-0.3, -0.25) is 4.98 Å². The molecule has 0 aliphatic carbocycles. The highest BCUT2D eigenvalue weighted by Gasteiger charge is 2.15. The van der Waals surface area contributed by atoms with E-state index >= 15 is 0 Å². The predicted octanol–water partition coefficient (Wildman–Crippen LogP) is 2.53. The average Bonchev–Trinajstić information content (AvgIpc) is 2.47. The van der Waals surface area contributed by atoms with Crippen molar-refractivity contribution in [2.45, 2.75) is 25.4 Å². The van der Waals surface area contributed by atoms with E-state index < -0.39 is 0 Å². The van der Waals surface area contributed by atoms with Crippen LogP contribution in [-0.2, 0) is 0 Å². The number of aromatic nitrogens is 1. The van der Waals surface area contributed by atoms with Gasteiger partial charge in [0.15, 0.2) is 0 Å². The molecule has 0 bridgehead atoms. The number of pyridine rings is 1. The molecular formula is C16H20N2O. The first kappa shape index (κ1) is 13.7. The molecule has 100 valence electrons. The molecule has 3 nitrogen and oxygen atoms in total. The number of aliphatic hydroxyl groups is 1. The van der Waals surface area contributed by atoms with E-state index in [4.69, 9.17) is 5.11 Å². The van der Waals surface area contributed by atoms with Crippen LogP contribution in [0.1, 0.15) is 30.5 Å². The quantitative estimate of drug-likeness (QED) is 0.835. The Morgan fingerprint density at radius 3 is 2.32 bits per heavy atom. The van der Waals surface area contributed by atoms with E-state index in [2.05, 4.69) is 29.4 Å². The Labute approximate surface area is 114 Å². The van der Waals surface area contributed by atoms with Crippen molar-refractivity contribution in [3.63, 3.8) is 0 Å². The number of rotatable bonds is 6. The Morgan fingerprint density at radius 1 is 1.05 bits per heavy atom. The normalized spacial score (nSPS) is 14.0. The Morgan fingerprint density at radius 2 is 1.68 bits per heavy atom. The van der Waals surface area contributed by atoms with E-state index in [0.29, 0.717) is 0 Å². The molecule has 1 aromatic heterocycles. The van der Waals surface area contributed by atoms with Crippen LogP contribution < -0.4 is 5.32 Å². The molecule has 2 N–H and O–H groups in total. The lowest BCUT2D eigenvalue weighted by Crippen LogP contribution is -2.32. The second-order valence-corrected chi connectivity index (χ2v) is 4.70. The summed E-state index contributed by atoms with van der Waals surface area (Å²) in [7, 11) is 0. The molecule has 0 saturated heterocycles. The summed E-state index contributed by atoms with van der Waals surface area (Å²) in [6.45, 7) is 2.29. The fraction of sp³-hybridized carbons (Fsp3) is 0.312. The zero-order valence-corrected chi connectivity index (χ0v) is 11.2. The third-order valence-corrected chi connectivity index (χ3v) is 3.19. The highest BCUT2D eigenvalue weighted by molar-refractivity contribution is 5.30. The fourth-order valence-corrected chi connectivity index (χ4v) is 2.15. The van der Waals surface area contributed by atoms with Crippen LogP contribution in [0.15, 0.2) is 54.9 Å². The Bertz CT molecular complexity index is 433. The summed E-state index contributed by atoms with van der Waals surface area (Å²) in [5, 5.41) is 12.6. The number of benzene rings is 1. The van der Waals surface area contributed by atoms with Gasteiger partial charge in [-0.05, 0) is 36.6 Å². The number of nitrogens with one attached hydrogen (secondary N) is 1. The lowest BCUT2D eigenvalue weighted by molar-refractivity contribution is 0.266. The summed E-state index contributed by atoms with van der Waals surface area (Å²) >= 11 is 0. The minimum Gasteiger partial charge on any atom is -0.396 e.